The van der Waals surface area contributed by atoms with Gasteiger partial charge in [-0.2, -0.15) is 5.10 Å². The van der Waals surface area contributed by atoms with Gasteiger partial charge in [-0.25, -0.2) is 0 Å². The molecule has 0 aliphatic heterocycles. The van der Waals surface area contributed by atoms with Gasteiger partial charge >= 0.3 is 0 Å². The molecule has 0 aliphatic rings. The number of hydrogen-bond acceptors (Lipinski definition) is 1. The van der Waals surface area contributed by atoms with E-state index in [1.807, 2.05) is 13.1 Å². The van der Waals surface area contributed by atoms with Gasteiger partial charge in [0, 0.05) is 6.20 Å². The molecule has 0 bridgehead atoms. The van der Waals surface area contributed by atoms with Gasteiger partial charge in [-0.3, -0.25) is 5.10 Å². The Morgan fingerprint density at radius 2 is 2.62 bits per heavy atom. The molecule has 43 valence electrons. The van der Waals surface area contributed by atoms with Crippen molar-refractivity contribution in [3.8, 4) is 0 Å². The molecule has 1 heterocycles. The standard InChI is InChI=1S/C6H9N2/c1-3-6-5(2)4-7-8-6/h4H,1,3H2,2H3,(H,7,8). The van der Waals surface area contributed by atoms with Crippen LogP contribution in [0.15, 0.2) is 6.20 Å². The molecule has 0 fully saturated rings. The summed E-state index contributed by atoms with van der Waals surface area (Å²) in [6.45, 7) is 5.72. The highest BCUT2D eigenvalue weighted by Gasteiger charge is 1.93. The molecule has 1 aromatic rings. The lowest BCUT2D eigenvalue weighted by Crippen LogP contribution is -1.81. The van der Waals surface area contributed by atoms with E-state index in [0.717, 1.165) is 12.1 Å². The van der Waals surface area contributed by atoms with Gasteiger partial charge < -0.3 is 0 Å². The number of aryl methyl sites for hydroxylation is 1. The molecule has 0 atom stereocenters. The Hall–Kier alpha value is -0.790. The summed E-state index contributed by atoms with van der Waals surface area (Å²) < 4.78 is 0. The van der Waals surface area contributed by atoms with E-state index in [4.69, 9.17) is 0 Å². The summed E-state index contributed by atoms with van der Waals surface area (Å²) in [5, 5.41) is 6.71. The second-order valence-electron chi connectivity index (χ2n) is 1.76. The fourth-order valence-corrected chi connectivity index (χ4v) is 0.632. The lowest BCUT2D eigenvalue weighted by Gasteiger charge is -1.84. The van der Waals surface area contributed by atoms with Gasteiger partial charge in [0.05, 0.1) is 5.69 Å². The van der Waals surface area contributed by atoms with Crippen molar-refractivity contribution in [3.05, 3.63) is 24.4 Å². The molecule has 0 aliphatic carbocycles. The quantitative estimate of drug-likeness (QED) is 0.574. The highest BCUT2D eigenvalue weighted by atomic mass is 15.1. The van der Waals surface area contributed by atoms with Crippen molar-refractivity contribution >= 4 is 0 Å². The van der Waals surface area contributed by atoms with E-state index >= 15 is 0 Å². The van der Waals surface area contributed by atoms with Crippen LogP contribution in [0.1, 0.15) is 11.3 Å². The number of hydrogen-bond donors (Lipinski definition) is 1. The van der Waals surface area contributed by atoms with Crippen LogP contribution in [0, 0.1) is 13.8 Å². The van der Waals surface area contributed by atoms with Crippen LogP contribution in [0.5, 0.6) is 0 Å². The molecular formula is C6H9N2. The topological polar surface area (TPSA) is 28.7 Å². The zero-order valence-corrected chi connectivity index (χ0v) is 4.94. The molecule has 1 N–H and O–H groups in total. The minimum absolute atomic E-state index is 0.773. The summed E-state index contributed by atoms with van der Waals surface area (Å²) in [6.07, 6.45) is 2.65. The van der Waals surface area contributed by atoms with Crippen molar-refractivity contribution in [2.24, 2.45) is 0 Å². The van der Waals surface area contributed by atoms with Gasteiger partial charge in [0.2, 0.25) is 0 Å². The maximum Gasteiger partial charge on any atom is 0.0651 e. The molecule has 0 amide bonds. The molecule has 1 aromatic heterocycles. The number of nitrogens with zero attached hydrogens (tertiary/aromatic N) is 1. The molecule has 0 saturated carbocycles. The van der Waals surface area contributed by atoms with Gasteiger partial charge in [-0.15, -0.1) is 0 Å². The third kappa shape index (κ3) is 0.735. The second kappa shape index (κ2) is 1.99. The molecule has 8 heavy (non-hydrogen) atoms. The van der Waals surface area contributed by atoms with E-state index in [9.17, 15) is 0 Å². The monoisotopic (exact) mass is 109 g/mol. The lowest BCUT2D eigenvalue weighted by atomic mass is 10.2. The van der Waals surface area contributed by atoms with Crippen molar-refractivity contribution in [1.29, 1.82) is 0 Å². The third-order valence-electron chi connectivity index (χ3n) is 1.17. The molecule has 2 heteroatoms. The van der Waals surface area contributed by atoms with Gasteiger partial charge in [0.15, 0.2) is 0 Å². The Labute approximate surface area is 48.9 Å². The smallest absolute Gasteiger partial charge is 0.0651 e. The van der Waals surface area contributed by atoms with Crippen LogP contribution in [0.25, 0.3) is 0 Å². The Balaban J connectivity index is 2.92. The first-order valence-corrected chi connectivity index (χ1v) is 2.63. The summed E-state index contributed by atoms with van der Waals surface area (Å²) in [5.41, 5.74) is 2.25. The molecule has 0 unspecified atom stereocenters. The van der Waals surface area contributed by atoms with Crippen molar-refractivity contribution < 1.29 is 0 Å². The zero-order chi connectivity index (χ0) is 5.98. The Bertz CT molecular complexity index is 167. The highest BCUT2D eigenvalue weighted by molar-refractivity contribution is 5.13. The van der Waals surface area contributed by atoms with Crippen LogP contribution in [-0.2, 0) is 6.42 Å². The highest BCUT2D eigenvalue weighted by Crippen LogP contribution is 2.00. The molecule has 2 nitrogen and oxygen atoms in total. The normalized spacial score (nSPS) is 9.75. The van der Waals surface area contributed by atoms with Crippen LogP contribution in [0.3, 0.4) is 0 Å². The van der Waals surface area contributed by atoms with E-state index < -0.39 is 0 Å². The summed E-state index contributed by atoms with van der Waals surface area (Å²) in [5.74, 6) is 0. The summed E-state index contributed by atoms with van der Waals surface area (Å²) in [6, 6.07) is 0. The van der Waals surface area contributed by atoms with Crippen LogP contribution in [0.4, 0.5) is 0 Å². The first-order chi connectivity index (χ1) is 3.84. The van der Waals surface area contributed by atoms with E-state index in [1.54, 1.807) is 0 Å². The number of nitrogens with one attached hydrogen (secondary N) is 1. The average Bonchev–Trinajstić information content (AvgIpc) is 2.14. The predicted octanol–water partition coefficient (Wildman–Crippen LogP) is 1.09. The van der Waals surface area contributed by atoms with Crippen LogP contribution in [0.2, 0.25) is 0 Å². The first-order valence-electron chi connectivity index (χ1n) is 2.63. The maximum absolute atomic E-state index is 3.95. The SMILES string of the molecule is [CH2]Cc1n[nH]cc1C. The molecule has 1 rings (SSSR count). The minimum atomic E-state index is 0.773. The van der Waals surface area contributed by atoms with Crippen molar-refractivity contribution in [1.82, 2.24) is 10.2 Å². The van der Waals surface area contributed by atoms with Crippen LogP contribution >= 0.6 is 0 Å². The Morgan fingerprint density at radius 1 is 1.88 bits per heavy atom. The van der Waals surface area contributed by atoms with Gasteiger partial charge in [0.25, 0.3) is 0 Å². The first kappa shape index (κ1) is 5.35. The van der Waals surface area contributed by atoms with Gasteiger partial charge in [-0.1, -0.05) is 0 Å². The van der Waals surface area contributed by atoms with Crippen molar-refractivity contribution in [2.45, 2.75) is 13.3 Å². The predicted molar refractivity (Wildman–Crippen MR) is 32.4 cm³/mol. The maximum atomic E-state index is 3.95. The summed E-state index contributed by atoms with van der Waals surface area (Å²) >= 11 is 0. The Kier molecular flexibility index (Phi) is 1.33. The van der Waals surface area contributed by atoms with Crippen molar-refractivity contribution in [2.75, 3.05) is 0 Å². The second-order valence-corrected chi connectivity index (χ2v) is 1.76. The number of rotatable bonds is 1. The van der Waals surface area contributed by atoms with Crippen LogP contribution < -0.4 is 0 Å². The van der Waals surface area contributed by atoms with E-state index in [2.05, 4.69) is 17.1 Å². The molecule has 0 spiro atoms. The van der Waals surface area contributed by atoms with Gasteiger partial charge in [0.1, 0.15) is 0 Å². The molecular weight excluding hydrogens is 100 g/mol. The fraction of sp³-hybridized carbons (Fsp3) is 0.333. The summed E-state index contributed by atoms with van der Waals surface area (Å²) in [4.78, 5) is 0. The molecule has 0 saturated heterocycles. The third-order valence-corrected chi connectivity index (χ3v) is 1.17. The van der Waals surface area contributed by atoms with E-state index in [0.29, 0.717) is 0 Å². The number of H-pyrrole nitrogens is 1. The Morgan fingerprint density at radius 3 is 2.88 bits per heavy atom. The van der Waals surface area contributed by atoms with Crippen LogP contribution in [-0.4, -0.2) is 10.2 Å². The largest absolute Gasteiger partial charge is 0.285 e. The fourth-order valence-electron chi connectivity index (χ4n) is 0.632. The molecule has 1 radical (unpaired) electrons. The lowest BCUT2D eigenvalue weighted by molar-refractivity contribution is 1.01. The van der Waals surface area contributed by atoms with Gasteiger partial charge in [-0.05, 0) is 25.8 Å². The molecule has 0 aromatic carbocycles. The number of aromatic amines is 1. The number of aromatic nitrogens is 2. The summed E-state index contributed by atoms with van der Waals surface area (Å²) in [7, 11) is 0. The minimum Gasteiger partial charge on any atom is -0.285 e. The average molecular weight is 109 g/mol. The zero-order valence-electron chi connectivity index (χ0n) is 4.94. The van der Waals surface area contributed by atoms with E-state index in [-0.39, 0.29) is 0 Å². The van der Waals surface area contributed by atoms with Crippen molar-refractivity contribution in [3.63, 3.8) is 0 Å². The van der Waals surface area contributed by atoms with E-state index in [1.165, 1.54) is 5.56 Å².